The van der Waals surface area contributed by atoms with E-state index < -0.39 is 0 Å². The van der Waals surface area contributed by atoms with Crippen molar-refractivity contribution in [1.29, 1.82) is 0 Å². The minimum Gasteiger partial charge on any atom is -0.449 e. The van der Waals surface area contributed by atoms with E-state index in [0.29, 0.717) is 6.04 Å². The van der Waals surface area contributed by atoms with Gasteiger partial charge in [-0.1, -0.05) is 36.8 Å². The molecule has 1 saturated heterocycles. The van der Waals surface area contributed by atoms with Crippen LogP contribution in [0.25, 0.3) is 0 Å². The number of aromatic nitrogens is 1. The zero-order valence-corrected chi connectivity index (χ0v) is 12.8. The molecule has 0 saturated carbocycles. The number of hydrogen-bond donors (Lipinski definition) is 0. The summed E-state index contributed by atoms with van der Waals surface area (Å²) in [5.41, 5.74) is 2.51. The van der Waals surface area contributed by atoms with Crippen molar-refractivity contribution in [3.63, 3.8) is 0 Å². The highest BCUT2D eigenvalue weighted by molar-refractivity contribution is 5.14. The monoisotopic (exact) mass is 284 g/mol. The molecule has 0 spiro atoms. The Balaban J connectivity index is 1.59. The van der Waals surface area contributed by atoms with Gasteiger partial charge in [-0.25, -0.2) is 4.98 Å². The van der Waals surface area contributed by atoms with Gasteiger partial charge in [0.1, 0.15) is 6.26 Å². The summed E-state index contributed by atoms with van der Waals surface area (Å²) in [5.74, 6) is 0.767. The highest BCUT2D eigenvalue weighted by atomic mass is 16.3. The molecule has 3 rings (SSSR count). The second-order valence-electron chi connectivity index (χ2n) is 6.00. The van der Waals surface area contributed by atoms with Gasteiger partial charge in [0.2, 0.25) is 0 Å². The molecule has 0 amide bonds. The molecule has 1 aromatic heterocycles. The van der Waals surface area contributed by atoms with Crippen LogP contribution in [-0.4, -0.2) is 22.5 Å². The molecule has 1 aliphatic rings. The van der Waals surface area contributed by atoms with Crippen molar-refractivity contribution in [3.05, 3.63) is 53.7 Å². The molecule has 3 nitrogen and oxygen atoms in total. The van der Waals surface area contributed by atoms with Crippen LogP contribution in [0.5, 0.6) is 0 Å². The summed E-state index contributed by atoms with van der Waals surface area (Å²) in [5, 5.41) is 0. The molecule has 2 heterocycles. The summed E-state index contributed by atoms with van der Waals surface area (Å²) >= 11 is 0. The second kappa shape index (κ2) is 6.90. The Kier molecular flexibility index (Phi) is 4.71. The first-order valence-electron chi connectivity index (χ1n) is 8.00. The largest absolute Gasteiger partial charge is 0.449 e. The quantitative estimate of drug-likeness (QED) is 0.832. The van der Waals surface area contributed by atoms with Gasteiger partial charge in [0.15, 0.2) is 5.89 Å². The molecule has 0 N–H and O–H groups in total. The van der Waals surface area contributed by atoms with Crippen LogP contribution in [-0.2, 0) is 13.0 Å². The molecular weight excluding hydrogens is 260 g/mol. The normalized spacial score (nSPS) is 19.8. The molecule has 0 unspecified atom stereocenters. The first kappa shape index (κ1) is 14.3. The SMILES string of the molecule is Cc1nc(CN2CCCC[C@H]2CCc2ccccc2)co1. The summed E-state index contributed by atoms with van der Waals surface area (Å²) in [7, 11) is 0. The molecule has 21 heavy (non-hydrogen) atoms. The van der Waals surface area contributed by atoms with E-state index >= 15 is 0 Å². The Morgan fingerprint density at radius 3 is 2.86 bits per heavy atom. The minimum atomic E-state index is 0.677. The Hall–Kier alpha value is -1.61. The van der Waals surface area contributed by atoms with E-state index in [1.807, 2.05) is 6.92 Å². The summed E-state index contributed by atoms with van der Waals surface area (Å²) in [6, 6.07) is 11.5. The van der Waals surface area contributed by atoms with Gasteiger partial charge in [-0.3, -0.25) is 4.90 Å². The molecule has 1 aliphatic heterocycles. The van der Waals surface area contributed by atoms with Crippen LogP contribution in [0.4, 0.5) is 0 Å². The van der Waals surface area contributed by atoms with Crippen molar-refractivity contribution in [2.45, 2.75) is 51.6 Å². The fourth-order valence-corrected chi connectivity index (χ4v) is 3.26. The molecule has 2 aromatic rings. The lowest BCUT2D eigenvalue weighted by Crippen LogP contribution is -2.39. The third-order valence-corrected chi connectivity index (χ3v) is 4.39. The van der Waals surface area contributed by atoms with Crippen LogP contribution >= 0.6 is 0 Å². The number of piperidine rings is 1. The molecule has 0 bridgehead atoms. The van der Waals surface area contributed by atoms with Crippen LogP contribution in [0.3, 0.4) is 0 Å². The highest BCUT2D eigenvalue weighted by Crippen LogP contribution is 2.23. The fraction of sp³-hybridized carbons (Fsp3) is 0.500. The summed E-state index contributed by atoms with van der Waals surface area (Å²) < 4.78 is 5.33. The number of aryl methyl sites for hydroxylation is 2. The van der Waals surface area contributed by atoms with E-state index in [4.69, 9.17) is 4.42 Å². The van der Waals surface area contributed by atoms with Gasteiger partial charge in [-0.15, -0.1) is 0 Å². The first-order chi connectivity index (χ1) is 10.3. The van der Waals surface area contributed by atoms with E-state index in [1.54, 1.807) is 6.26 Å². The van der Waals surface area contributed by atoms with Crippen molar-refractivity contribution in [2.75, 3.05) is 6.54 Å². The third-order valence-electron chi connectivity index (χ3n) is 4.39. The zero-order chi connectivity index (χ0) is 14.5. The van der Waals surface area contributed by atoms with Gasteiger partial charge in [0, 0.05) is 19.5 Å². The topological polar surface area (TPSA) is 29.3 Å². The maximum absolute atomic E-state index is 5.33. The summed E-state index contributed by atoms with van der Waals surface area (Å²) in [6.07, 6.45) is 8.18. The van der Waals surface area contributed by atoms with E-state index in [9.17, 15) is 0 Å². The number of hydrogen-bond acceptors (Lipinski definition) is 3. The zero-order valence-electron chi connectivity index (χ0n) is 12.8. The molecular formula is C18H24N2O. The molecule has 1 atom stereocenters. The lowest BCUT2D eigenvalue weighted by atomic mass is 9.95. The van der Waals surface area contributed by atoms with E-state index in [2.05, 4.69) is 40.2 Å². The Morgan fingerprint density at radius 2 is 2.10 bits per heavy atom. The fourth-order valence-electron chi connectivity index (χ4n) is 3.26. The second-order valence-corrected chi connectivity index (χ2v) is 6.00. The molecule has 112 valence electrons. The first-order valence-corrected chi connectivity index (χ1v) is 8.00. The standard InChI is InChI=1S/C18H24N2O/c1-15-19-17(14-21-15)13-20-12-6-5-9-18(20)11-10-16-7-3-2-4-8-16/h2-4,7-8,14,18H,5-6,9-13H2,1H3/t18-/m0/s1. The number of benzene rings is 1. The van der Waals surface area contributed by atoms with E-state index in [0.717, 1.165) is 18.1 Å². The smallest absolute Gasteiger partial charge is 0.191 e. The van der Waals surface area contributed by atoms with Crippen LogP contribution in [0, 0.1) is 6.92 Å². The Morgan fingerprint density at radius 1 is 1.24 bits per heavy atom. The summed E-state index contributed by atoms with van der Waals surface area (Å²) in [6.45, 7) is 4.02. The van der Waals surface area contributed by atoms with E-state index in [-0.39, 0.29) is 0 Å². The van der Waals surface area contributed by atoms with Crippen LogP contribution in [0.1, 0.15) is 42.8 Å². The van der Waals surface area contributed by atoms with Crippen LogP contribution < -0.4 is 0 Å². The number of nitrogens with zero attached hydrogens (tertiary/aromatic N) is 2. The minimum absolute atomic E-state index is 0.677. The molecule has 3 heteroatoms. The van der Waals surface area contributed by atoms with Crippen LogP contribution in [0.15, 0.2) is 41.0 Å². The number of rotatable bonds is 5. The molecule has 0 radical (unpaired) electrons. The van der Waals surface area contributed by atoms with Crippen molar-refractivity contribution >= 4 is 0 Å². The molecule has 1 aromatic carbocycles. The predicted octanol–water partition coefficient (Wildman–Crippen LogP) is 3.97. The Labute approximate surface area is 127 Å². The molecule has 0 aliphatic carbocycles. The average molecular weight is 284 g/mol. The molecule has 1 fully saturated rings. The van der Waals surface area contributed by atoms with Gasteiger partial charge in [-0.05, 0) is 37.8 Å². The average Bonchev–Trinajstić information content (AvgIpc) is 2.93. The van der Waals surface area contributed by atoms with Gasteiger partial charge in [-0.2, -0.15) is 0 Å². The maximum atomic E-state index is 5.33. The van der Waals surface area contributed by atoms with Gasteiger partial charge in [0.25, 0.3) is 0 Å². The van der Waals surface area contributed by atoms with E-state index in [1.165, 1.54) is 44.2 Å². The maximum Gasteiger partial charge on any atom is 0.191 e. The highest BCUT2D eigenvalue weighted by Gasteiger charge is 2.23. The van der Waals surface area contributed by atoms with Gasteiger partial charge in [0.05, 0.1) is 5.69 Å². The summed E-state index contributed by atoms with van der Waals surface area (Å²) in [4.78, 5) is 7.04. The Bertz CT molecular complexity index is 549. The number of oxazole rings is 1. The lowest BCUT2D eigenvalue weighted by molar-refractivity contribution is 0.131. The predicted molar refractivity (Wildman–Crippen MR) is 84.1 cm³/mol. The van der Waals surface area contributed by atoms with Crippen molar-refractivity contribution in [3.8, 4) is 0 Å². The van der Waals surface area contributed by atoms with Gasteiger partial charge < -0.3 is 4.42 Å². The number of likely N-dealkylation sites (tertiary alicyclic amines) is 1. The lowest BCUT2D eigenvalue weighted by Gasteiger charge is -2.35. The van der Waals surface area contributed by atoms with Crippen molar-refractivity contribution in [2.24, 2.45) is 0 Å². The van der Waals surface area contributed by atoms with Crippen molar-refractivity contribution < 1.29 is 4.42 Å². The van der Waals surface area contributed by atoms with Crippen molar-refractivity contribution in [1.82, 2.24) is 9.88 Å². The third kappa shape index (κ3) is 3.94. The van der Waals surface area contributed by atoms with Gasteiger partial charge >= 0.3 is 0 Å². The van der Waals surface area contributed by atoms with Crippen LogP contribution in [0.2, 0.25) is 0 Å².